The summed E-state index contributed by atoms with van der Waals surface area (Å²) in [6.07, 6.45) is 8.08. The molecule has 2 N–H and O–H groups in total. The van der Waals surface area contributed by atoms with Gasteiger partial charge in [0.2, 0.25) is 5.91 Å². The molecule has 3 rings (SSSR count). The zero-order valence-electron chi connectivity index (χ0n) is 14.9. The third-order valence-corrected chi connectivity index (χ3v) is 5.32. The van der Waals surface area contributed by atoms with Gasteiger partial charge in [-0.2, -0.15) is 0 Å². The summed E-state index contributed by atoms with van der Waals surface area (Å²) in [5, 5.41) is 5.92. The SMILES string of the molecule is O=C(NCCCC(=O)N1CCC1c1ccccc1)NC1CCCCC1. The number of amides is 3. The Balaban J connectivity index is 1.32. The number of likely N-dealkylation sites (tertiary alicyclic amines) is 1. The lowest BCUT2D eigenvalue weighted by atomic mass is 9.94. The third kappa shape index (κ3) is 4.97. The molecule has 1 unspecified atom stereocenters. The number of carbonyl (C=O) groups excluding carboxylic acids is 2. The minimum Gasteiger partial charge on any atom is -0.338 e. The standard InChI is InChI=1S/C20H29N3O2/c24-19(23-15-13-18(23)16-8-3-1-4-9-16)12-7-14-21-20(25)22-17-10-5-2-6-11-17/h1,3-4,8-9,17-18H,2,5-7,10-15H2,(H2,21,22,25). The monoisotopic (exact) mass is 343 g/mol. The van der Waals surface area contributed by atoms with Crippen molar-refractivity contribution in [3.8, 4) is 0 Å². The Morgan fingerprint density at radius 1 is 1.04 bits per heavy atom. The van der Waals surface area contributed by atoms with E-state index in [0.717, 1.165) is 25.8 Å². The molecule has 1 atom stereocenters. The molecule has 3 amide bonds. The number of benzene rings is 1. The first-order chi connectivity index (χ1) is 12.2. The van der Waals surface area contributed by atoms with Gasteiger partial charge in [-0.25, -0.2) is 4.79 Å². The zero-order valence-corrected chi connectivity index (χ0v) is 14.9. The van der Waals surface area contributed by atoms with Crippen molar-refractivity contribution in [2.45, 2.75) is 63.5 Å². The number of urea groups is 1. The van der Waals surface area contributed by atoms with Gasteiger partial charge in [-0.1, -0.05) is 49.6 Å². The summed E-state index contributed by atoms with van der Waals surface area (Å²) >= 11 is 0. The Bertz CT molecular complexity index is 570. The molecule has 1 heterocycles. The first kappa shape index (κ1) is 17.8. The smallest absolute Gasteiger partial charge is 0.315 e. The van der Waals surface area contributed by atoms with Crippen molar-refractivity contribution in [1.29, 1.82) is 0 Å². The van der Waals surface area contributed by atoms with Crippen LogP contribution in [-0.2, 0) is 4.79 Å². The lowest BCUT2D eigenvalue weighted by Crippen LogP contribution is -2.45. The highest BCUT2D eigenvalue weighted by atomic mass is 16.2. The summed E-state index contributed by atoms with van der Waals surface area (Å²) in [7, 11) is 0. The van der Waals surface area contributed by atoms with Crippen LogP contribution in [0.15, 0.2) is 30.3 Å². The summed E-state index contributed by atoms with van der Waals surface area (Å²) in [6, 6.07) is 10.7. The number of rotatable bonds is 6. The van der Waals surface area contributed by atoms with Gasteiger partial charge in [0.05, 0.1) is 6.04 Å². The van der Waals surface area contributed by atoms with Gasteiger partial charge >= 0.3 is 6.03 Å². The maximum absolute atomic E-state index is 12.4. The van der Waals surface area contributed by atoms with Crippen molar-refractivity contribution in [3.05, 3.63) is 35.9 Å². The Hall–Kier alpha value is -2.04. The van der Waals surface area contributed by atoms with Crippen molar-refractivity contribution in [2.24, 2.45) is 0 Å². The molecule has 136 valence electrons. The van der Waals surface area contributed by atoms with E-state index < -0.39 is 0 Å². The molecular weight excluding hydrogens is 314 g/mol. The zero-order chi connectivity index (χ0) is 17.5. The van der Waals surface area contributed by atoms with Crippen LogP contribution in [0.5, 0.6) is 0 Å². The molecule has 1 aromatic carbocycles. The molecule has 5 heteroatoms. The van der Waals surface area contributed by atoms with Crippen LogP contribution in [-0.4, -0.2) is 36.0 Å². The average Bonchev–Trinajstić information content (AvgIpc) is 2.60. The summed E-state index contributed by atoms with van der Waals surface area (Å²) in [4.78, 5) is 26.2. The lowest BCUT2D eigenvalue weighted by Gasteiger charge is -2.41. The molecule has 0 aromatic heterocycles. The van der Waals surface area contributed by atoms with Crippen LogP contribution in [0.25, 0.3) is 0 Å². The van der Waals surface area contributed by atoms with E-state index in [1.807, 2.05) is 23.1 Å². The van der Waals surface area contributed by atoms with E-state index in [2.05, 4.69) is 22.8 Å². The summed E-state index contributed by atoms with van der Waals surface area (Å²) in [5.74, 6) is 0.189. The molecule has 25 heavy (non-hydrogen) atoms. The van der Waals surface area contributed by atoms with Crippen LogP contribution >= 0.6 is 0 Å². The van der Waals surface area contributed by atoms with Crippen molar-refractivity contribution < 1.29 is 9.59 Å². The second-order valence-electron chi connectivity index (χ2n) is 7.14. The summed E-state index contributed by atoms with van der Waals surface area (Å²) in [5.41, 5.74) is 1.21. The predicted octanol–water partition coefficient (Wildman–Crippen LogP) is 3.37. The van der Waals surface area contributed by atoms with Gasteiger partial charge < -0.3 is 15.5 Å². The highest BCUT2D eigenvalue weighted by Gasteiger charge is 2.32. The van der Waals surface area contributed by atoms with Gasteiger partial charge in [-0.3, -0.25) is 4.79 Å². The van der Waals surface area contributed by atoms with E-state index in [1.165, 1.54) is 24.8 Å². The number of hydrogen-bond donors (Lipinski definition) is 2. The van der Waals surface area contributed by atoms with E-state index in [0.29, 0.717) is 25.4 Å². The quantitative estimate of drug-likeness (QED) is 0.778. The molecule has 1 aliphatic heterocycles. The first-order valence-corrected chi connectivity index (χ1v) is 9.63. The first-order valence-electron chi connectivity index (χ1n) is 9.63. The van der Waals surface area contributed by atoms with Gasteiger partial charge in [0, 0.05) is 25.6 Å². The van der Waals surface area contributed by atoms with Crippen LogP contribution in [0.2, 0.25) is 0 Å². The van der Waals surface area contributed by atoms with Crippen LogP contribution in [0, 0.1) is 0 Å². The van der Waals surface area contributed by atoms with Crippen molar-refractivity contribution in [3.63, 3.8) is 0 Å². The Morgan fingerprint density at radius 3 is 2.48 bits per heavy atom. The van der Waals surface area contributed by atoms with E-state index in [1.54, 1.807) is 0 Å². The molecular formula is C20H29N3O2. The fourth-order valence-corrected chi connectivity index (χ4v) is 3.78. The fourth-order valence-electron chi connectivity index (χ4n) is 3.78. The van der Waals surface area contributed by atoms with Crippen LogP contribution in [0.1, 0.15) is 63.0 Å². The van der Waals surface area contributed by atoms with Gasteiger partial charge in [-0.05, 0) is 31.2 Å². The van der Waals surface area contributed by atoms with Gasteiger partial charge in [-0.15, -0.1) is 0 Å². The highest BCUT2D eigenvalue weighted by Crippen LogP contribution is 2.33. The molecule has 1 aromatic rings. The largest absolute Gasteiger partial charge is 0.338 e. The molecule has 0 radical (unpaired) electrons. The van der Waals surface area contributed by atoms with E-state index in [9.17, 15) is 9.59 Å². The van der Waals surface area contributed by atoms with E-state index in [4.69, 9.17) is 0 Å². The molecule has 2 fully saturated rings. The minimum atomic E-state index is -0.0922. The molecule has 1 saturated heterocycles. The number of carbonyl (C=O) groups is 2. The number of nitrogens with one attached hydrogen (secondary N) is 2. The number of hydrogen-bond acceptors (Lipinski definition) is 2. The summed E-state index contributed by atoms with van der Waals surface area (Å²) in [6.45, 7) is 1.39. The van der Waals surface area contributed by atoms with E-state index >= 15 is 0 Å². The van der Waals surface area contributed by atoms with Crippen molar-refractivity contribution in [2.75, 3.05) is 13.1 Å². The molecule has 1 saturated carbocycles. The Labute approximate surface area is 150 Å². The average molecular weight is 343 g/mol. The van der Waals surface area contributed by atoms with Crippen LogP contribution in [0.4, 0.5) is 4.79 Å². The van der Waals surface area contributed by atoms with Crippen LogP contribution in [0.3, 0.4) is 0 Å². The Kier molecular flexibility index (Phi) is 6.31. The van der Waals surface area contributed by atoms with Crippen molar-refractivity contribution in [1.82, 2.24) is 15.5 Å². The predicted molar refractivity (Wildman–Crippen MR) is 98.2 cm³/mol. The van der Waals surface area contributed by atoms with Gasteiger partial charge in [0.1, 0.15) is 0 Å². The second-order valence-corrected chi connectivity index (χ2v) is 7.14. The topological polar surface area (TPSA) is 61.4 Å². The number of nitrogens with zero attached hydrogens (tertiary/aromatic N) is 1. The van der Waals surface area contributed by atoms with Crippen LogP contribution < -0.4 is 10.6 Å². The Morgan fingerprint density at radius 2 is 1.80 bits per heavy atom. The maximum Gasteiger partial charge on any atom is 0.315 e. The van der Waals surface area contributed by atoms with Gasteiger partial charge in [0.25, 0.3) is 0 Å². The lowest BCUT2D eigenvalue weighted by molar-refractivity contribution is -0.139. The molecule has 0 bridgehead atoms. The molecule has 2 aliphatic rings. The molecule has 5 nitrogen and oxygen atoms in total. The summed E-state index contributed by atoms with van der Waals surface area (Å²) < 4.78 is 0. The highest BCUT2D eigenvalue weighted by molar-refractivity contribution is 5.78. The van der Waals surface area contributed by atoms with E-state index in [-0.39, 0.29) is 18.0 Å². The maximum atomic E-state index is 12.4. The normalized spacial score (nSPS) is 20.6. The van der Waals surface area contributed by atoms with Crippen molar-refractivity contribution >= 4 is 11.9 Å². The fraction of sp³-hybridized carbons (Fsp3) is 0.600. The minimum absolute atomic E-state index is 0.0922. The molecule has 1 aliphatic carbocycles. The second kappa shape index (κ2) is 8.88. The third-order valence-electron chi connectivity index (χ3n) is 5.32. The molecule has 0 spiro atoms. The van der Waals surface area contributed by atoms with Gasteiger partial charge in [0.15, 0.2) is 0 Å².